The van der Waals surface area contributed by atoms with Gasteiger partial charge in [-0.2, -0.15) is 10.4 Å². The van der Waals surface area contributed by atoms with E-state index in [4.69, 9.17) is 14.7 Å². The molecule has 0 bridgehead atoms. The van der Waals surface area contributed by atoms with Crippen molar-refractivity contribution < 1.29 is 14.3 Å². The van der Waals surface area contributed by atoms with Crippen LogP contribution in [-0.4, -0.2) is 39.8 Å². The largest absolute Gasteiger partial charge is 0.492 e. The molecule has 1 heterocycles. The molecule has 0 spiro atoms. The van der Waals surface area contributed by atoms with Crippen molar-refractivity contribution in [2.24, 2.45) is 0 Å². The summed E-state index contributed by atoms with van der Waals surface area (Å²) in [6, 6.07) is 7.44. The number of hydrogen-bond donors (Lipinski definition) is 1. The lowest BCUT2D eigenvalue weighted by Crippen LogP contribution is -2.40. The lowest BCUT2D eigenvalue weighted by molar-refractivity contribution is 0.0882. The van der Waals surface area contributed by atoms with Crippen molar-refractivity contribution in [3.63, 3.8) is 0 Å². The van der Waals surface area contributed by atoms with Crippen LogP contribution in [0.1, 0.15) is 48.8 Å². The molecule has 0 aliphatic heterocycles. The summed E-state index contributed by atoms with van der Waals surface area (Å²) in [6.07, 6.45) is 6.21. The maximum atomic E-state index is 12.1. The van der Waals surface area contributed by atoms with Gasteiger partial charge < -0.3 is 14.8 Å². The lowest BCUT2D eigenvalue weighted by Gasteiger charge is -2.29. The molecule has 8 nitrogen and oxygen atoms in total. The first-order valence-corrected chi connectivity index (χ1v) is 8.97. The zero-order valence-corrected chi connectivity index (χ0v) is 15.1. The molecular formula is C19H21N5O3. The summed E-state index contributed by atoms with van der Waals surface area (Å²) in [5.74, 6) is 1.00. The van der Waals surface area contributed by atoms with Gasteiger partial charge in [-0.3, -0.25) is 4.79 Å². The van der Waals surface area contributed by atoms with Crippen LogP contribution in [0.15, 0.2) is 30.6 Å². The summed E-state index contributed by atoms with van der Waals surface area (Å²) in [5.41, 5.74) is 0.494. The minimum absolute atomic E-state index is 0.0650. The van der Waals surface area contributed by atoms with Crippen molar-refractivity contribution >= 4 is 5.91 Å². The van der Waals surface area contributed by atoms with E-state index in [0.29, 0.717) is 23.7 Å². The van der Waals surface area contributed by atoms with Crippen LogP contribution in [0.3, 0.4) is 0 Å². The Hall–Kier alpha value is -3.21. The Labute approximate surface area is 157 Å². The van der Waals surface area contributed by atoms with Crippen molar-refractivity contribution in [3.8, 4) is 17.6 Å². The first kappa shape index (κ1) is 18.6. The Morgan fingerprint density at radius 3 is 2.78 bits per heavy atom. The summed E-state index contributed by atoms with van der Waals surface area (Å²) >= 11 is 0. The highest BCUT2D eigenvalue weighted by atomic mass is 16.5. The molecule has 1 aliphatic carbocycles. The fourth-order valence-corrected chi connectivity index (χ4v) is 3.06. The van der Waals surface area contributed by atoms with Gasteiger partial charge in [0.15, 0.2) is 0 Å². The highest BCUT2D eigenvalue weighted by Gasteiger charge is 2.25. The van der Waals surface area contributed by atoms with Gasteiger partial charge in [0.05, 0.1) is 24.5 Å². The van der Waals surface area contributed by atoms with Crippen molar-refractivity contribution in [2.75, 3.05) is 6.61 Å². The fraction of sp³-hybridized carbons (Fsp3) is 0.421. The fourth-order valence-electron chi connectivity index (χ4n) is 3.06. The zero-order chi connectivity index (χ0) is 19.1. The maximum Gasteiger partial charge on any atom is 0.291 e. The SMILES string of the molecule is CCOc1cc(OC2CCC(NC(=O)c3nccnn3)CC2)ccc1C#N. The number of nitrogens with zero attached hydrogens (tertiary/aromatic N) is 4. The van der Waals surface area contributed by atoms with Gasteiger partial charge in [0.2, 0.25) is 5.82 Å². The Morgan fingerprint density at radius 1 is 1.30 bits per heavy atom. The van der Waals surface area contributed by atoms with Crippen molar-refractivity contribution in [3.05, 3.63) is 42.0 Å². The summed E-state index contributed by atoms with van der Waals surface area (Å²) in [7, 11) is 0. The van der Waals surface area contributed by atoms with E-state index in [1.54, 1.807) is 18.2 Å². The van der Waals surface area contributed by atoms with Crippen LogP contribution in [-0.2, 0) is 0 Å². The third-order valence-electron chi connectivity index (χ3n) is 4.37. The molecule has 3 rings (SSSR count). The van der Waals surface area contributed by atoms with E-state index in [2.05, 4.69) is 26.6 Å². The van der Waals surface area contributed by atoms with Gasteiger partial charge in [0, 0.05) is 18.3 Å². The number of carbonyl (C=O) groups is 1. The predicted molar refractivity (Wildman–Crippen MR) is 96.3 cm³/mol. The van der Waals surface area contributed by atoms with Crippen molar-refractivity contribution in [1.82, 2.24) is 20.5 Å². The Kier molecular flexibility index (Phi) is 6.15. The standard InChI is InChI=1S/C19H21N5O3/c1-2-26-17-11-16(6-3-13(17)12-20)27-15-7-4-14(5-8-15)23-19(25)18-21-9-10-22-24-18/h3,6,9-11,14-15H,2,4-5,7-8H2,1H3,(H,23,25). The highest BCUT2D eigenvalue weighted by molar-refractivity contribution is 5.90. The second-order valence-electron chi connectivity index (χ2n) is 6.23. The number of ether oxygens (including phenoxy) is 2. The molecule has 1 N–H and O–H groups in total. The monoisotopic (exact) mass is 367 g/mol. The van der Waals surface area contributed by atoms with Gasteiger partial charge in [0.25, 0.3) is 5.91 Å². The molecule has 140 valence electrons. The van der Waals surface area contributed by atoms with E-state index < -0.39 is 0 Å². The Balaban J connectivity index is 1.52. The quantitative estimate of drug-likeness (QED) is 0.834. The molecule has 1 saturated carbocycles. The average Bonchev–Trinajstić information content (AvgIpc) is 2.71. The number of carbonyl (C=O) groups excluding carboxylic acids is 1. The molecule has 0 radical (unpaired) electrons. The number of aromatic nitrogens is 3. The summed E-state index contributed by atoms with van der Waals surface area (Å²) in [6.45, 7) is 2.37. The molecule has 0 saturated heterocycles. The van der Waals surface area contributed by atoms with Crippen LogP contribution in [0.25, 0.3) is 0 Å². The van der Waals surface area contributed by atoms with Crippen LogP contribution in [0, 0.1) is 11.3 Å². The number of hydrogen-bond acceptors (Lipinski definition) is 7. The van der Waals surface area contributed by atoms with E-state index in [9.17, 15) is 4.79 Å². The van der Waals surface area contributed by atoms with Crippen molar-refractivity contribution in [2.45, 2.75) is 44.8 Å². The number of nitriles is 1. The molecule has 1 aromatic carbocycles. The molecular weight excluding hydrogens is 346 g/mol. The number of amides is 1. The zero-order valence-electron chi connectivity index (χ0n) is 15.1. The molecule has 1 amide bonds. The molecule has 1 aliphatic rings. The summed E-state index contributed by atoms with van der Waals surface area (Å²) in [5, 5.41) is 19.5. The van der Waals surface area contributed by atoms with E-state index >= 15 is 0 Å². The van der Waals surface area contributed by atoms with Crippen LogP contribution < -0.4 is 14.8 Å². The third kappa shape index (κ3) is 4.91. The topological polar surface area (TPSA) is 110 Å². The van der Waals surface area contributed by atoms with E-state index in [-0.39, 0.29) is 23.9 Å². The second kappa shape index (κ2) is 8.94. The van der Waals surface area contributed by atoms with E-state index in [1.807, 2.05) is 6.92 Å². The average molecular weight is 367 g/mol. The molecule has 1 fully saturated rings. The summed E-state index contributed by atoms with van der Waals surface area (Å²) < 4.78 is 11.5. The summed E-state index contributed by atoms with van der Waals surface area (Å²) in [4.78, 5) is 16.0. The number of benzene rings is 1. The molecule has 2 aromatic rings. The predicted octanol–water partition coefficient (Wildman–Crippen LogP) is 2.26. The van der Waals surface area contributed by atoms with Crippen LogP contribution in [0.4, 0.5) is 0 Å². The number of nitrogens with one attached hydrogen (secondary N) is 1. The first-order chi connectivity index (χ1) is 13.2. The lowest BCUT2D eigenvalue weighted by atomic mass is 9.93. The van der Waals surface area contributed by atoms with Crippen LogP contribution in [0.5, 0.6) is 11.5 Å². The minimum atomic E-state index is -0.305. The first-order valence-electron chi connectivity index (χ1n) is 8.97. The van der Waals surface area contributed by atoms with Gasteiger partial charge in [0.1, 0.15) is 17.6 Å². The van der Waals surface area contributed by atoms with E-state index in [1.165, 1.54) is 12.4 Å². The van der Waals surface area contributed by atoms with Gasteiger partial charge in [-0.25, -0.2) is 4.98 Å². The Bertz CT molecular complexity index is 814. The number of rotatable bonds is 6. The minimum Gasteiger partial charge on any atom is -0.492 e. The second-order valence-corrected chi connectivity index (χ2v) is 6.23. The Morgan fingerprint density at radius 2 is 2.11 bits per heavy atom. The molecule has 8 heteroatoms. The van der Waals surface area contributed by atoms with E-state index in [0.717, 1.165) is 25.7 Å². The van der Waals surface area contributed by atoms with Gasteiger partial charge in [-0.05, 0) is 44.7 Å². The van der Waals surface area contributed by atoms with Crippen LogP contribution in [0.2, 0.25) is 0 Å². The maximum absolute atomic E-state index is 12.1. The highest BCUT2D eigenvalue weighted by Crippen LogP contribution is 2.28. The van der Waals surface area contributed by atoms with Crippen molar-refractivity contribution in [1.29, 1.82) is 5.26 Å². The molecule has 0 unspecified atom stereocenters. The molecule has 0 atom stereocenters. The molecule has 1 aromatic heterocycles. The van der Waals surface area contributed by atoms with Crippen LogP contribution >= 0.6 is 0 Å². The van der Waals surface area contributed by atoms with Gasteiger partial charge >= 0.3 is 0 Å². The molecule has 27 heavy (non-hydrogen) atoms. The smallest absolute Gasteiger partial charge is 0.291 e. The van der Waals surface area contributed by atoms with Gasteiger partial charge in [-0.1, -0.05) is 0 Å². The normalized spacial score (nSPS) is 19.0. The van der Waals surface area contributed by atoms with Gasteiger partial charge in [-0.15, -0.1) is 5.10 Å². The third-order valence-corrected chi connectivity index (χ3v) is 4.37.